The van der Waals surface area contributed by atoms with Crippen molar-refractivity contribution in [3.8, 4) is 0 Å². The zero-order chi connectivity index (χ0) is 9.80. The van der Waals surface area contributed by atoms with Crippen molar-refractivity contribution in [1.29, 1.82) is 0 Å². The average Bonchev–Trinajstić information content (AvgIpc) is 2.67. The zero-order valence-corrected chi connectivity index (χ0v) is 9.09. The number of para-hydroxylation sites is 1. The van der Waals surface area contributed by atoms with E-state index in [9.17, 15) is 0 Å². The fourth-order valence-corrected chi connectivity index (χ4v) is 2.31. The van der Waals surface area contributed by atoms with Gasteiger partial charge in [0.1, 0.15) is 6.10 Å². The first kappa shape index (κ1) is 9.87. The summed E-state index contributed by atoms with van der Waals surface area (Å²) in [6.45, 7) is 0. The molecule has 1 fully saturated rings. The second-order valence-corrected chi connectivity index (χ2v) is 4.20. The Hall–Kier alpha value is -0.670. The van der Waals surface area contributed by atoms with Gasteiger partial charge in [0.2, 0.25) is 0 Å². The van der Waals surface area contributed by atoms with E-state index in [0.717, 1.165) is 16.7 Å². The number of aliphatic imine (C=N–C) groups is 1. The third-order valence-electron chi connectivity index (χ3n) is 1.81. The number of ether oxygens (including phenoxy) is 1. The first-order valence-corrected chi connectivity index (χ1v) is 5.89. The number of alkyl halides is 1. The van der Waals surface area contributed by atoms with Crippen LogP contribution in [-0.2, 0) is 4.74 Å². The highest BCUT2D eigenvalue weighted by Crippen LogP contribution is 2.24. The number of hydrogen-bond acceptors (Lipinski definition) is 3. The molecule has 1 saturated heterocycles. The fraction of sp³-hybridized carbons (Fsp3) is 0.300. The van der Waals surface area contributed by atoms with Crippen LogP contribution in [0.3, 0.4) is 0 Å². The van der Waals surface area contributed by atoms with Crippen LogP contribution in [-0.4, -0.2) is 23.0 Å². The second kappa shape index (κ2) is 4.71. The first-order chi connectivity index (χ1) is 6.88. The minimum absolute atomic E-state index is 0.115. The van der Waals surface area contributed by atoms with E-state index in [0.29, 0.717) is 5.88 Å². The molecule has 14 heavy (non-hydrogen) atoms. The van der Waals surface area contributed by atoms with Gasteiger partial charge in [-0.15, -0.1) is 11.6 Å². The van der Waals surface area contributed by atoms with Crippen LogP contribution in [0.4, 0.5) is 5.69 Å². The van der Waals surface area contributed by atoms with Crippen molar-refractivity contribution in [3.05, 3.63) is 30.3 Å². The maximum atomic E-state index is 5.68. The smallest absolute Gasteiger partial charge is 0.251 e. The van der Waals surface area contributed by atoms with E-state index in [2.05, 4.69) is 4.99 Å². The Morgan fingerprint density at radius 3 is 2.86 bits per heavy atom. The van der Waals surface area contributed by atoms with Gasteiger partial charge in [0.15, 0.2) is 0 Å². The molecule has 1 unspecified atom stereocenters. The molecule has 74 valence electrons. The summed E-state index contributed by atoms with van der Waals surface area (Å²) in [5.74, 6) is 1.43. The Balaban J connectivity index is 2.06. The molecule has 0 amide bonds. The zero-order valence-electron chi connectivity index (χ0n) is 7.52. The fourth-order valence-electron chi connectivity index (χ4n) is 1.12. The predicted octanol–water partition coefficient (Wildman–Crippen LogP) is 3.04. The Labute approximate surface area is 92.3 Å². The number of halogens is 1. The monoisotopic (exact) mass is 227 g/mol. The van der Waals surface area contributed by atoms with E-state index >= 15 is 0 Å². The van der Waals surface area contributed by atoms with Crippen LogP contribution in [0.25, 0.3) is 0 Å². The molecule has 0 aliphatic carbocycles. The summed E-state index contributed by atoms with van der Waals surface area (Å²) < 4.78 is 5.50. The van der Waals surface area contributed by atoms with Gasteiger partial charge in [0, 0.05) is 5.75 Å². The van der Waals surface area contributed by atoms with Crippen molar-refractivity contribution in [2.24, 2.45) is 4.99 Å². The van der Waals surface area contributed by atoms with Crippen molar-refractivity contribution in [3.63, 3.8) is 0 Å². The maximum Gasteiger partial charge on any atom is 0.251 e. The molecule has 0 aromatic heterocycles. The SMILES string of the molecule is ClCC1CSC(=Nc2ccccc2)O1. The lowest BCUT2D eigenvalue weighted by Crippen LogP contribution is -2.10. The highest BCUT2D eigenvalue weighted by atomic mass is 35.5. The summed E-state index contributed by atoms with van der Waals surface area (Å²) in [5, 5.41) is 0.724. The summed E-state index contributed by atoms with van der Waals surface area (Å²) in [6.07, 6.45) is 0.115. The van der Waals surface area contributed by atoms with Gasteiger partial charge in [-0.05, 0) is 12.1 Å². The van der Waals surface area contributed by atoms with E-state index in [1.54, 1.807) is 11.8 Å². The minimum Gasteiger partial charge on any atom is -0.467 e. The molecule has 2 rings (SSSR count). The van der Waals surface area contributed by atoms with E-state index < -0.39 is 0 Å². The molecule has 1 aromatic carbocycles. The van der Waals surface area contributed by atoms with Crippen LogP contribution < -0.4 is 0 Å². The summed E-state index contributed by atoms with van der Waals surface area (Å²) in [4.78, 5) is 4.36. The standard InChI is InChI=1S/C10H10ClNOS/c11-6-9-7-14-10(13-9)12-8-4-2-1-3-5-8/h1-5,9H,6-7H2. The topological polar surface area (TPSA) is 21.6 Å². The summed E-state index contributed by atoms with van der Waals surface area (Å²) in [7, 11) is 0. The number of rotatable bonds is 2. The second-order valence-electron chi connectivity index (χ2n) is 2.92. The Bertz CT molecular complexity index is 328. The first-order valence-electron chi connectivity index (χ1n) is 4.37. The molecule has 1 aliphatic rings. The largest absolute Gasteiger partial charge is 0.467 e. The van der Waals surface area contributed by atoms with Crippen molar-refractivity contribution in [1.82, 2.24) is 0 Å². The molecular formula is C10H10ClNOS. The van der Waals surface area contributed by atoms with Crippen LogP contribution in [0.2, 0.25) is 0 Å². The predicted molar refractivity (Wildman–Crippen MR) is 61.6 cm³/mol. The van der Waals surface area contributed by atoms with Crippen LogP contribution in [0.1, 0.15) is 0 Å². The summed E-state index contributed by atoms with van der Waals surface area (Å²) >= 11 is 7.30. The van der Waals surface area contributed by atoms with Crippen molar-refractivity contribution >= 4 is 34.3 Å². The minimum atomic E-state index is 0.115. The number of benzene rings is 1. The van der Waals surface area contributed by atoms with E-state index in [-0.39, 0.29) is 6.10 Å². The number of thioether (sulfide) groups is 1. The van der Waals surface area contributed by atoms with Gasteiger partial charge in [-0.3, -0.25) is 0 Å². The van der Waals surface area contributed by atoms with E-state index in [1.807, 2.05) is 30.3 Å². The van der Waals surface area contributed by atoms with E-state index in [1.165, 1.54) is 0 Å². The van der Waals surface area contributed by atoms with Gasteiger partial charge in [0.25, 0.3) is 5.23 Å². The van der Waals surface area contributed by atoms with Crippen molar-refractivity contribution in [2.45, 2.75) is 6.10 Å². The number of nitrogens with zero attached hydrogens (tertiary/aromatic N) is 1. The summed E-state index contributed by atoms with van der Waals surface area (Å²) in [6, 6.07) is 9.78. The van der Waals surface area contributed by atoms with Crippen LogP contribution in [0, 0.1) is 0 Å². The molecular weight excluding hydrogens is 218 g/mol. The van der Waals surface area contributed by atoms with Gasteiger partial charge in [-0.1, -0.05) is 30.0 Å². The van der Waals surface area contributed by atoms with Crippen molar-refractivity contribution < 1.29 is 4.74 Å². The lowest BCUT2D eigenvalue weighted by molar-refractivity contribution is 0.255. The quantitative estimate of drug-likeness (QED) is 0.725. The van der Waals surface area contributed by atoms with Crippen LogP contribution in [0.5, 0.6) is 0 Å². The van der Waals surface area contributed by atoms with E-state index in [4.69, 9.17) is 16.3 Å². The third kappa shape index (κ3) is 2.42. The van der Waals surface area contributed by atoms with Gasteiger partial charge in [0.05, 0.1) is 11.6 Å². The van der Waals surface area contributed by atoms with Gasteiger partial charge in [-0.25, -0.2) is 4.99 Å². The molecule has 1 heterocycles. The molecule has 1 atom stereocenters. The molecule has 0 bridgehead atoms. The summed E-state index contributed by atoms with van der Waals surface area (Å²) in [5.41, 5.74) is 0.922. The normalized spacial score (nSPS) is 23.8. The Morgan fingerprint density at radius 2 is 2.21 bits per heavy atom. The number of hydrogen-bond donors (Lipinski definition) is 0. The Morgan fingerprint density at radius 1 is 1.43 bits per heavy atom. The molecule has 0 saturated carbocycles. The van der Waals surface area contributed by atoms with Gasteiger partial charge in [-0.2, -0.15) is 0 Å². The van der Waals surface area contributed by atoms with Crippen molar-refractivity contribution in [2.75, 3.05) is 11.6 Å². The molecule has 2 nitrogen and oxygen atoms in total. The molecule has 0 radical (unpaired) electrons. The van der Waals surface area contributed by atoms with Crippen LogP contribution in [0.15, 0.2) is 35.3 Å². The lowest BCUT2D eigenvalue weighted by Gasteiger charge is -2.02. The molecule has 1 aromatic rings. The highest BCUT2D eigenvalue weighted by molar-refractivity contribution is 8.13. The van der Waals surface area contributed by atoms with Gasteiger partial charge < -0.3 is 4.74 Å². The average molecular weight is 228 g/mol. The van der Waals surface area contributed by atoms with Crippen LogP contribution >= 0.6 is 23.4 Å². The highest BCUT2D eigenvalue weighted by Gasteiger charge is 2.21. The third-order valence-corrected chi connectivity index (χ3v) is 3.13. The molecule has 0 spiro atoms. The molecule has 4 heteroatoms. The molecule has 0 N–H and O–H groups in total. The Kier molecular flexibility index (Phi) is 3.32. The maximum absolute atomic E-state index is 5.68. The molecule has 1 aliphatic heterocycles. The lowest BCUT2D eigenvalue weighted by atomic mass is 10.3. The van der Waals surface area contributed by atoms with Gasteiger partial charge >= 0.3 is 0 Å².